The summed E-state index contributed by atoms with van der Waals surface area (Å²) in [6, 6.07) is 0. The van der Waals surface area contributed by atoms with Gasteiger partial charge in [-0.05, 0) is 58.3 Å². The molecule has 0 amide bonds. The Labute approximate surface area is 201 Å². The van der Waals surface area contributed by atoms with E-state index in [0.717, 1.165) is 57.3 Å². The maximum absolute atomic E-state index is 10.6. The number of methoxy groups -OCH3 is 1. The van der Waals surface area contributed by atoms with Crippen LogP contribution in [0.3, 0.4) is 0 Å². The van der Waals surface area contributed by atoms with Gasteiger partial charge in [-0.3, -0.25) is 19.2 Å². The molecule has 2 unspecified atom stereocenters. The van der Waals surface area contributed by atoms with Crippen molar-refractivity contribution in [3.8, 4) is 0 Å². The minimum atomic E-state index is -0.123. The topological polar surface area (TPSA) is 96.0 Å². The highest BCUT2D eigenvalue weighted by Gasteiger charge is 2.17. The van der Waals surface area contributed by atoms with Crippen molar-refractivity contribution in [2.24, 2.45) is 5.92 Å². The van der Waals surface area contributed by atoms with Gasteiger partial charge in [-0.1, -0.05) is 34.1 Å². The van der Waals surface area contributed by atoms with Gasteiger partial charge < -0.3 is 14.2 Å². The van der Waals surface area contributed by atoms with Gasteiger partial charge in [0.25, 0.3) is 0 Å². The Morgan fingerprint density at radius 3 is 1.55 bits per heavy atom. The van der Waals surface area contributed by atoms with Crippen molar-refractivity contribution < 1.29 is 33.4 Å². The van der Waals surface area contributed by atoms with Crippen LogP contribution in [0.4, 0.5) is 0 Å². The fourth-order valence-electron chi connectivity index (χ4n) is 2.93. The van der Waals surface area contributed by atoms with E-state index in [1.54, 1.807) is 0 Å². The number of ketones is 1. The van der Waals surface area contributed by atoms with Gasteiger partial charge in [0.1, 0.15) is 5.78 Å². The molecular formula is C26H48O7. The van der Waals surface area contributed by atoms with E-state index in [4.69, 9.17) is 9.47 Å². The molecule has 2 aliphatic heterocycles. The van der Waals surface area contributed by atoms with Gasteiger partial charge in [-0.15, -0.1) is 0 Å². The van der Waals surface area contributed by atoms with Crippen LogP contribution in [-0.2, 0) is 33.4 Å². The normalized spacial score (nSPS) is 21.7. The summed E-state index contributed by atoms with van der Waals surface area (Å²) in [6.45, 7) is 12.2. The Morgan fingerprint density at radius 2 is 1.30 bits per heavy atom. The Hall–Kier alpha value is -1.92. The fraction of sp³-hybridized carbons (Fsp3) is 0.846. The molecule has 3 aliphatic rings. The van der Waals surface area contributed by atoms with Gasteiger partial charge in [0.2, 0.25) is 0 Å². The number of rotatable bonds is 2. The van der Waals surface area contributed by atoms with Crippen molar-refractivity contribution in [3.63, 3.8) is 0 Å². The first-order valence-electron chi connectivity index (χ1n) is 12.6. The number of hydrogen-bond acceptors (Lipinski definition) is 7. The van der Waals surface area contributed by atoms with Crippen molar-refractivity contribution in [3.05, 3.63) is 0 Å². The lowest BCUT2D eigenvalue weighted by atomic mass is 9.90. The zero-order valence-electron chi connectivity index (χ0n) is 22.1. The predicted octanol–water partition coefficient (Wildman–Crippen LogP) is 5.96. The molecule has 2 heterocycles. The number of Topliss-reactive ketones (excluding diaryl/α,β-unsaturated/α-hetero) is 1. The molecule has 2 atom stereocenters. The van der Waals surface area contributed by atoms with Crippen LogP contribution in [0.2, 0.25) is 0 Å². The third-order valence-corrected chi connectivity index (χ3v) is 4.93. The lowest BCUT2D eigenvalue weighted by Gasteiger charge is -2.17. The maximum Gasteiger partial charge on any atom is 0.306 e. The smallest absolute Gasteiger partial charge is 0.306 e. The summed E-state index contributed by atoms with van der Waals surface area (Å²) in [5.74, 6) is 1.05. The van der Waals surface area contributed by atoms with Gasteiger partial charge in [-0.2, -0.15) is 0 Å². The molecule has 33 heavy (non-hydrogen) atoms. The molecule has 7 nitrogen and oxygen atoms in total. The second kappa shape index (κ2) is 21.9. The Morgan fingerprint density at radius 1 is 0.818 bits per heavy atom. The Bertz CT molecular complexity index is 529. The summed E-state index contributed by atoms with van der Waals surface area (Å²) >= 11 is 0. The van der Waals surface area contributed by atoms with Crippen LogP contribution in [0.5, 0.6) is 0 Å². The van der Waals surface area contributed by atoms with Crippen molar-refractivity contribution >= 4 is 23.7 Å². The highest BCUT2D eigenvalue weighted by atomic mass is 16.6. The standard InChI is InChI=1S/C7H12O.C6H10O2.C5H8O2.C5H10O2.C3H8/c1-6-2-4-7(8)5-3-6;1-5-3-2-4-6(7)8-5;1-4-2-3-5(6)7-4;1-3-4-5(6)7-2;1-3-2/h6H,2-5H2,1H3;5H,2-4H2,1H3;4H,2-3H2,1H3;3-4H2,1-2H3;3H2,1-2H3. The SMILES string of the molecule is CC1CCC(=O)CC1.CC1CCC(=O)O1.CC1CCCC(=O)O1.CCC.CCCC(=O)OC. The molecule has 0 N–H and O–H groups in total. The highest BCUT2D eigenvalue weighted by Crippen LogP contribution is 2.19. The van der Waals surface area contributed by atoms with Crippen LogP contribution in [-0.4, -0.2) is 43.0 Å². The molecule has 0 spiro atoms. The molecule has 7 heteroatoms. The molecule has 0 radical (unpaired) electrons. The van der Waals surface area contributed by atoms with E-state index in [-0.39, 0.29) is 30.1 Å². The second-order valence-corrected chi connectivity index (χ2v) is 8.79. The van der Waals surface area contributed by atoms with E-state index in [9.17, 15) is 19.2 Å². The number of carbonyl (C=O) groups is 4. The summed E-state index contributed by atoms with van der Waals surface area (Å²) in [5.41, 5.74) is 0. The third-order valence-electron chi connectivity index (χ3n) is 4.93. The van der Waals surface area contributed by atoms with Crippen LogP contribution in [0.15, 0.2) is 0 Å². The molecule has 0 bridgehead atoms. The quantitative estimate of drug-likeness (QED) is 0.361. The van der Waals surface area contributed by atoms with Crippen LogP contribution < -0.4 is 0 Å². The highest BCUT2D eigenvalue weighted by molar-refractivity contribution is 5.79. The van der Waals surface area contributed by atoms with Crippen molar-refractivity contribution in [1.29, 1.82) is 0 Å². The molecule has 0 aromatic rings. The summed E-state index contributed by atoms with van der Waals surface area (Å²) in [5, 5.41) is 0. The molecule has 3 fully saturated rings. The van der Waals surface area contributed by atoms with Crippen molar-refractivity contribution in [2.75, 3.05) is 7.11 Å². The Balaban J connectivity index is 0. The first kappa shape index (κ1) is 33.3. The minimum absolute atomic E-state index is 0.0382. The summed E-state index contributed by atoms with van der Waals surface area (Å²) < 4.78 is 13.9. The van der Waals surface area contributed by atoms with Gasteiger partial charge in [0.15, 0.2) is 0 Å². The molecule has 1 aliphatic carbocycles. The second-order valence-electron chi connectivity index (χ2n) is 8.79. The average Bonchev–Trinajstić information content (AvgIpc) is 3.15. The zero-order valence-corrected chi connectivity index (χ0v) is 22.1. The van der Waals surface area contributed by atoms with Crippen LogP contribution in [0.1, 0.15) is 119 Å². The Kier molecular flexibility index (Phi) is 22.1. The molecule has 0 aromatic carbocycles. The van der Waals surface area contributed by atoms with Gasteiger partial charge in [-0.25, -0.2) is 0 Å². The first-order valence-corrected chi connectivity index (χ1v) is 12.6. The van der Waals surface area contributed by atoms with E-state index < -0.39 is 0 Å². The van der Waals surface area contributed by atoms with E-state index in [2.05, 4.69) is 25.5 Å². The maximum atomic E-state index is 10.6. The molecule has 3 rings (SSSR count). The van der Waals surface area contributed by atoms with E-state index in [0.29, 0.717) is 25.0 Å². The van der Waals surface area contributed by atoms with E-state index in [1.807, 2.05) is 20.8 Å². The van der Waals surface area contributed by atoms with Crippen LogP contribution in [0, 0.1) is 5.92 Å². The number of ether oxygens (including phenoxy) is 3. The van der Waals surface area contributed by atoms with Crippen molar-refractivity contribution in [1.82, 2.24) is 0 Å². The lowest BCUT2D eigenvalue weighted by Crippen LogP contribution is -2.19. The minimum Gasteiger partial charge on any atom is -0.469 e. The van der Waals surface area contributed by atoms with E-state index in [1.165, 1.54) is 13.5 Å². The summed E-state index contributed by atoms with van der Waals surface area (Å²) in [6.07, 6.45) is 11.1. The fourth-order valence-corrected chi connectivity index (χ4v) is 2.93. The zero-order chi connectivity index (χ0) is 25.6. The monoisotopic (exact) mass is 472 g/mol. The molecule has 1 saturated carbocycles. The molecular weight excluding hydrogens is 424 g/mol. The van der Waals surface area contributed by atoms with Gasteiger partial charge >= 0.3 is 17.9 Å². The summed E-state index contributed by atoms with van der Waals surface area (Å²) in [7, 11) is 1.40. The lowest BCUT2D eigenvalue weighted by molar-refractivity contribution is -0.152. The first-order chi connectivity index (χ1) is 15.6. The van der Waals surface area contributed by atoms with Crippen LogP contribution >= 0.6 is 0 Å². The summed E-state index contributed by atoms with van der Waals surface area (Å²) in [4.78, 5) is 41.5. The van der Waals surface area contributed by atoms with Gasteiger partial charge in [0.05, 0.1) is 19.3 Å². The van der Waals surface area contributed by atoms with Crippen LogP contribution in [0.25, 0.3) is 0 Å². The number of esters is 3. The van der Waals surface area contributed by atoms with E-state index >= 15 is 0 Å². The molecule has 2 saturated heterocycles. The number of cyclic esters (lactones) is 2. The predicted molar refractivity (Wildman–Crippen MR) is 130 cm³/mol. The molecule has 194 valence electrons. The third kappa shape index (κ3) is 23.0. The molecule has 0 aromatic heterocycles. The average molecular weight is 473 g/mol. The number of hydrogen-bond donors (Lipinski definition) is 0. The van der Waals surface area contributed by atoms with Crippen molar-refractivity contribution in [2.45, 2.75) is 131 Å². The van der Waals surface area contributed by atoms with Gasteiger partial charge in [0, 0.05) is 32.1 Å². The largest absolute Gasteiger partial charge is 0.469 e. The number of carbonyl (C=O) groups excluding carboxylic acids is 4.